The maximum absolute atomic E-state index is 5.82. The minimum absolute atomic E-state index is 0.526. The molecule has 0 aliphatic carbocycles. The number of hydrogen-bond acceptors (Lipinski definition) is 1. The van der Waals surface area contributed by atoms with E-state index in [-0.39, 0.29) is 0 Å². The Bertz CT molecular complexity index is 932. The molecular weight excluding hydrogens is 318 g/mol. The van der Waals surface area contributed by atoms with Crippen molar-refractivity contribution in [2.45, 2.75) is 33.7 Å². The van der Waals surface area contributed by atoms with E-state index >= 15 is 0 Å². The highest BCUT2D eigenvalue weighted by Crippen LogP contribution is 2.30. The molecule has 0 saturated carbocycles. The van der Waals surface area contributed by atoms with Crippen LogP contribution < -0.4 is 4.74 Å². The third-order valence-electron chi connectivity index (χ3n) is 4.91. The van der Waals surface area contributed by atoms with Crippen molar-refractivity contribution in [3.8, 4) is 5.75 Å². The lowest BCUT2D eigenvalue weighted by molar-refractivity contribution is 0.367. The van der Waals surface area contributed by atoms with Gasteiger partial charge in [0.2, 0.25) is 0 Å². The zero-order valence-electron chi connectivity index (χ0n) is 16.0. The molecule has 0 fully saturated rings. The van der Waals surface area contributed by atoms with Crippen LogP contribution in [0.5, 0.6) is 5.75 Å². The molecule has 0 unspecified atom stereocenters. The summed E-state index contributed by atoms with van der Waals surface area (Å²) in [6.07, 6.45) is 2.78. The van der Waals surface area contributed by atoms with E-state index in [1.165, 1.54) is 33.3 Å². The van der Waals surface area contributed by atoms with Crippen molar-refractivity contribution >= 4 is 10.9 Å². The lowest BCUT2D eigenvalue weighted by Gasteiger charge is -2.13. The summed E-state index contributed by atoms with van der Waals surface area (Å²) >= 11 is 0. The van der Waals surface area contributed by atoms with Crippen LogP contribution in [0.2, 0.25) is 0 Å². The van der Waals surface area contributed by atoms with Crippen LogP contribution in [-0.2, 0) is 13.0 Å². The Labute approximate surface area is 156 Å². The maximum atomic E-state index is 5.82. The van der Waals surface area contributed by atoms with Crippen LogP contribution in [0.15, 0.2) is 78.4 Å². The van der Waals surface area contributed by atoms with Gasteiger partial charge >= 0.3 is 0 Å². The van der Waals surface area contributed by atoms with Crippen LogP contribution in [0.4, 0.5) is 0 Å². The van der Waals surface area contributed by atoms with E-state index in [4.69, 9.17) is 4.74 Å². The molecule has 3 rings (SSSR count). The average Bonchev–Trinajstić information content (AvgIpc) is 2.97. The Kier molecular flexibility index (Phi) is 5.62. The highest BCUT2D eigenvalue weighted by atomic mass is 16.5. The molecule has 0 saturated heterocycles. The maximum Gasteiger partial charge on any atom is 0.129 e. The number of fused-ring (bicyclic) bond motifs is 1. The van der Waals surface area contributed by atoms with Crippen LogP contribution >= 0.6 is 0 Å². The molecule has 0 N–H and O–H groups in total. The van der Waals surface area contributed by atoms with Gasteiger partial charge in [-0.3, -0.25) is 0 Å². The van der Waals surface area contributed by atoms with E-state index in [0.29, 0.717) is 6.61 Å². The fraction of sp³-hybridized carbons (Fsp3) is 0.250. The Morgan fingerprint density at radius 2 is 1.81 bits per heavy atom. The van der Waals surface area contributed by atoms with Gasteiger partial charge in [0.1, 0.15) is 12.4 Å². The molecule has 0 bridgehead atoms. The number of allylic oxidation sites excluding steroid dienone is 2. The molecule has 3 aromatic rings. The molecule has 2 heteroatoms. The fourth-order valence-corrected chi connectivity index (χ4v) is 3.30. The van der Waals surface area contributed by atoms with E-state index in [1.54, 1.807) is 6.08 Å². The highest BCUT2D eigenvalue weighted by molar-refractivity contribution is 5.87. The number of benzene rings is 2. The summed E-state index contributed by atoms with van der Waals surface area (Å²) in [4.78, 5) is 0. The second-order valence-electron chi connectivity index (χ2n) is 6.88. The van der Waals surface area contributed by atoms with Gasteiger partial charge in [0.05, 0.1) is 5.52 Å². The first kappa shape index (κ1) is 18.1. The molecule has 2 aromatic carbocycles. The monoisotopic (exact) mass is 345 g/mol. The zero-order chi connectivity index (χ0) is 18.5. The first-order valence-corrected chi connectivity index (χ1v) is 9.12. The topological polar surface area (TPSA) is 14.2 Å². The van der Waals surface area contributed by atoms with Crippen molar-refractivity contribution in [3.05, 3.63) is 89.7 Å². The minimum atomic E-state index is 0.526. The molecule has 134 valence electrons. The number of rotatable bonds is 7. The van der Waals surface area contributed by atoms with E-state index in [1.807, 2.05) is 6.07 Å². The van der Waals surface area contributed by atoms with Gasteiger partial charge in [0, 0.05) is 17.6 Å². The number of aryl methyl sites for hydroxylation is 1. The van der Waals surface area contributed by atoms with Gasteiger partial charge in [-0.2, -0.15) is 0 Å². The molecular formula is C24H27NO. The number of ether oxygens (including phenoxy) is 1. The largest absolute Gasteiger partial charge is 0.489 e. The standard InChI is InChI=1S/C24H27NO/c1-5-14-26-24-13-9-12-23-22(24)16-20(4)25(23)17-19(3)18(2)15-21-10-7-6-8-11-21/h5-13,16H,1,14-15,17H2,2-4H3/b19-18-. The molecule has 1 aromatic heterocycles. The summed E-state index contributed by atoms with van der Waals surface area (Å²) in [6, 6.07) is 19.1. The highest BCUT2D eigenvalue weighted by Gasteiger charge is 2.11. The third kappa shape index (κ3) is 3.91. The molecule has 2 nitrogen and oxygen atoms in total. The molecule has 26 heavy (non-hydrogen) atoms. The smallest absolute Gasteiger partial charge is 0.129 e. The lowest BCUT2D eigenvalue weighted by Crippen LogP contribution is -2.04. The van der Waals surface area contributed by atoms with Gasteiger partial charge in [-0.15, -0.1) is 0 Å². The second-order valence-corrected chi connectivity index (χ2v) is 6.88. The predicted octanol–water partition coefficient (Wildman–Crippen LogP) is 6.09. The molecule has 0 aliphatic rings. The van der Waals surface area contributed by atoms with Crippen LogP contribution in [0.3, 0.4) is 0 Å². The van der Waals surface area contributed by atoms with Crippen LogP contribution in [0, 0.1) is 6.92 Å². The number of nitrogens with zero attached hydrogens (tertiary/aromatic N) is 1. The van der Waals surface area contributed by atoms with E-state index in [0.717, 1.165) is 18.7 Å². The van der Waals surface area contributed by atoms with Gasteiger partial charge in [0.25, 0.3) is 0 Å². The van der Waals surface area contributed by atoms with Crippen LogP contribution in [0.1, 0.15) is 25.1 Å². The summed E-state index contributed by atoms with van der Waals surface area (Å²) < 4.78 is 8.20. The minimum Gasteiger partial charge on any atom is -0.489 e. The van der Waals surface area contributed by atoms with Gasteiger partial charge < -0.3 is 9.30 Å². The molecule has 0 radical (unpaired) electrons. The SMILES string of the molecule is C=CCOc1cccc2c1cc(C)n2C/C(C)=C(/C)Cc1ccccc1. The zero-order valence-corrected chi connectivity index (χ0v) is 16.0. The van der Waals surface area contributed by atoms with Crippen molar-refractivity contribution in [3.63, 3.8) is 0 Å². The quantitative estimate of drug-likeness (QED) is 0.472. The van der Waals surface area contributed by atoms with E-state index in [2.05, 4.69) is 80.4 Å². The first-order chi connectivity index (χ1) is 12.6. The van der Waals surface area contributed by atoms with Crippen LogP contribution in [-0.4, -0.2) is 11.2 Å². The Balaban J connectivity index is 1.89. The summed E-state index contributed by atoms with van der Waals surface area (Å²) in [5, 5.41) is 1.17. The van der Waals surface area contributed by atoms with Gasteiger partial charge in [0.15, 0.2) is 0 Å². The summed E-state index contributed by atoms with van der Waals surface area (Å²) in [5.41, 5.74) is 6.67. The molecule has 1 heterocycles. The van der Waals surface area contributed by atoms with Crippen LogP contribution in [0.25, 0.3) is 10.9 Å². The Morgan fingerprint density at radius 3 is 2.54 bits per heavy atom. The van der Waals surface area contributed by atoms with Gasteiger partial charge in [-0.1, -0.05) is 60.2 Å². The molecule has 0 aliphatic heterocycles. The van der Waals surface area contributed by atoms with Crippen molar-refractivity contribution < 1.29 is 4.74 Å². The third-order valence-corrected chi connectivity index (χ3v) is 4.91. The normalized spacial score (nSPS) is 12.1. The average molecular weight is 345 g/mol. The van der Waals surface area contributed by atoms with Crippen molar-refractivity contribution in [1.29, 1.82) is 0 Å². The summed E-state index contributed by atoms with van der Waals surface area (Å²) in [6.45, 7) is 11.8. The predicted molar refractivity (Wildman–Crippen MR) is 111 cm³/mol. The van der Waals surface area contributed by atoms with E-state index in [9.17, 15) is 0 Å². The fourth-order valence-electron chi connectivity index (χ4n) is 3.30. The summed E-state index contributed by atoms with van der Waals surface area (Å²) in [7, 11) is 0. The van der Waals surface area contributed by atoms with Gasteiger partial charge in [-0.25, -0.2) is 0 Å². The van der Waals surface area contributed by atoms with Crippen molar-refractivity contribution in [1.82, 2.24) is 4.57 Å². The molecule has 0 amide bonds. The summed E-state index contributed by atoms with van der Waals surface area (Å²) in [5.74, 6) is 0.923. The number of hydrogen-bond donors (Lipinski definition) is 0. The second kappa shape index (κ2) is 8.09. The van der Waals surface area contributed by atoms with Gasteiger partial charge in [-0.05, 0) is 51.0 Å². The lowest BCUT2D eigenvalue weighted by atomic mass is 10.0. The number of aromatic nitrogens is 1. The van der Waals surface area contributed by atoms with Crippen molar-refractivity contribution in [2.24, 2.45) is 0 Å². The molecule has 0 spiro atoms. The Morgan fingerprint density at radius 1 is 1.04 bits per heavy atom. The first-order valence-electron chi connectivity index (χ1n) is 9.12. The van der Waals surface area contributed by atoms with E-state index < -0.39 is 0 Å². The Hall–Kier alpha value is -2.74. The van der Waals surface area contributed by atoms with Crippen molar-refractivity contribution in [2.75, 3.05) is 6.61 Å². The molecule has 0 atom stereocenters.